The number of hydrogen-bond acceptors (Lipinski definition) is 7. The number of rotatable bonds is 10. The van der Waals surface area contributed by atoms with Gasteiger partial charge in [-0.25, -0.2) is 5.43 Å². The van der Waals surface area contributed by atoms with Crippen LogP contribution in [0.25, 0.3) is 5.57 Å². The molecule has 1 aliphatic rings. The molecule has 31 heavy (non-hydrogen) atoms. The third-order valence-corrected chi connectivity index (χ3v) is 5.56. The molecule has 2 aromatic rings. The fourth-order valence-electron chi connectivity index (χ4n) is 3.47. The highest BCUT2D eigenvalue weighted by atomic mass is 32.1. The van der Waals surface area contributed by atoms with Crippen LogP contribution in [0.4, 0.5) is 5.69 Å². The zero-order valence-corrected chi connectivity index (χ0v) is 19.2. The van der Waals surface area contributed by atoms with Gasteiger partial charge in [0.2, 0.25) is 0 Å². The fourth-order valence-corrected chi connectivity index (χ4v) is 3.73. The third kappa shape index (κ3) is 7.29. The Kier molecular flexibility index (Phi) is 8.79. The predicted molar refractivity (Wildman–Crippen MR) is 131 cm³/mol. The molecule has 0 atom stereocenters. The number of thiol groups is 1. The van der Waals surface area contributed by atoms with Crippen LogP contribution in [0.1, 0.15) is 51.6 Å². The van der Waals surface area contributed by atoms with E-state index >= 15 is 0 Å². The van der Waals surface area contributed by atoms with Gasteiger partial charge in [0, 0.05) is 47.7 Å². The summed E-state index contributed by atoms with van der Waals surface area (Å²) in [5, 5.41) is 10.9. The largest absolute Gasteiger partial charge is 0.457 e. The molecule has 1 fully saturated rings. The SMILES string of the molecule is CC(C)CN/C=C(\C=N)c1cc(Oc2ccc(NNC3CCCCC3)c(S)c2)ccn1. The molecule has 3 rings (SSSR count). The lowest BCUT2D eigenvalue weighted by Crippen LogP contribution is -2.35. The molecule has 0 aliphatic heterocycles. The number of nitrogens with zero attached hydrogens (tertiary/aromatic N) is 1. The summed E-state index contributed by atoms with van der Waals surface area (Å²) < 4.78 is 6.03. The molecule has 4 N–H and O–H groups in total. The van der Waals surface area contributed by atoms with Crippen LogP contribution < -0.4 is 20.9 Å². The first-order valence-corrected chi connectivity index (χ1v) is 11.4. The molecule has 166 valence electrons. The number of anilines is 1. The Balaban J connectivity index is 1.63. The molecule has 1 heterocycles. The van der Waals surface area contributed by atoms with Crippen LogP contribution in [0.5, 0.6) is 11.5 Å². The van der Waals surface area contributed by atoms with Crippen molar-refractivity contribution >= 4 is 30.1 Å². The first kappa shape index (κ1) is 23.2. The van der Waals surface area contributed by atoms with Crippen molar-refractivity contribution in [2.75, 3.05) is 12.0 Å². The number of nitrogens with one attached hydrogen (secondary N) is 4. The van der Waals surface area contributed by atoms with Gasteiger partial charge in [0.05, 0.1) is 11.4 Å². The van der Waals surface area contributed by atoms with E-state index in [2.05, 4.69) is 47.6 Å². The van der Waals surface area contributed by atoms with Crippen LogP contribution in [0.15, 0.2) is 47.6 Å². The predicted octanol–water partition coefficient (Wildman–Crippen LogP) is 5.65. The molecule has 0 amide bonds. The number of benzene rings is 1. The second-order valence-electron chi connectivity index (χ2n) is 8.31. The molecule has 0 saturated heterocycles. The van der Waals surface area contributed by atoms with E-state index in [1.165, 1.54) is 38.3 Å². The van der Waals surface area contributed by atoms with Gasteiger partial charge in [-0.2, -0.15) is 0 Å². The van der Waals surface area contributed by atoms with Crippen molar-refractivity contribution in [1.29, 1.82) is 5.41 Å². The van der Waals surface area contributed by atoms with Crippen LogP contribution in [-0.4, -0.2) is 23.8 Å². The smallest absolute Gasteiger partial charge is 0.131 e. The molecule has 6 nitrogen and oxygen atoms in total. The molecule has 1 aromatic carbocycles. The Morgan fingerprint density at radius 1 is 1.19 bits per heavy atom. The van der Waals surface area contributed by atoms with Crippen LogP contribution in [-0.2, 0) is 0 Å². The Hall–Kier alpha value is -2.51. The summed E-state index contributed by atoms with van der Waals surface area (Å²) in [6.45, 7) is 5.12. The molecular weight excluding hydrogens is 406 g/mol. The van der Waals surface area contributed by atoms with Crippen molar-refractivity contribution in [3.05, 3.63) is 48.4 Å². The summed E-state index contributed by atoms with van der Waals surface area (Å²) >= 11 is 4.61. The van der Waals surface area contributed by atoms with E-state index < -0.39 is 0 Å². The van der Waals surface area contributed by atoms with Crippen molar-refractivity contribution in [3.8, 4) is 11.5 Å². The second-order valence-corrected chi connectivity index (χ2v) is 8.79. The highest BCUT2D eigenvalue weighted by molar-refractivity contribution is 7.80. The normalized spacial score (nSPS) is 15.0. The van der Waals surface area contributed by atoms with E-state index in [-0.39, 0.29) is 0 Å². The summed E-state index contributed by atoms with van der Waals surface area (Å²) in [7, 11) is 0. The number of ether oxygens (including phenoxy) is 1. The number of hydrazine groups is 1. The van der Waals surface area contributed by atoms with E-state index in [9.17, 15) is 0 Å². The maximum Gasteiger partial charge on any atom is 0.131 e. The van der Waals surface area contributed by atoms with Crippen molar-refractivity contribution < 1.29 is 4.74 Å². The van der Waals surface area contributed by atoms with E-state index in [1.807, 2.05) is 36.5 Å². The number of hydrogen-bond donors (Lipinski definition) is 5. The molecule has 1 aliphatic carbocycles. The summed E-state index contributed by atoms with van der Waals surface area (Å²) in [5.74, 6) is 1.88. The van der Waals surface area contributed by atoms with E-state index in [1.54, 1.807) is 6.20 Å². The van der Waals surface area contributed by atoms with Gasteiger partial charge in [-0.15, -0.1) is 12.6 Å². The van der Waals surface area contributed by atoms with Gasteiger partial charge in [0.25, 0.3) is 0 Å². The average molecular weight is 440 g/mol. The van der Waals surface area contributed by atoms with Crippen LogP contribution in [0.2, 0.25) is 0 Å². The minimum absolute atomic E-state index is 0.513. The first-order chi connectivity index (χ1) is 15.0. The molecule has 0 unspecified atom stereocenters. The molecule has 7 heteroatoms. The number of allylic oxidation sites excluding steroid dienone is 1. The number of pyridine rings is 1. The van der Waals surface area contributed by atoms with Crippen LogP contribution >= 0.6 is 12.6 Å². The van der Waals surface area contributed by atoms with Gasteiger partial charge in [-0.05, 0) is 43.0 Å². The minimum Gasteiger partial charge on any atom is -0.457 e. The van der Waals surface area contributed by atoms with Crippen LogP contribution in [0, 0.1) is 11.3 Å². The van der Waals surface area contributed by atoms with E-state index in [0.717, 1.165) is 17.1 Å². The Labute approximate surface area is 190 Å². The highest BCUT2D eigenvalue weighted by Crippen LogP contribution is 2.29. The molecule has 1 aromatic heterocycles. The maximum atomic E-state index is 7.70. The van der Waals surface area contributed by atoms with Gasteiger partial charge in [-0.1, -0.05) is 33.1 Å². The van der Waals surface area contributed by atoms with Crippen molar-refractivity contribution in [1.82, 2.24) is 15.7 Å². The lowest BCUT2D eigenvalue weighted by Gasteiger charge is -2.24. The Morgan fingerprint density at radius 2 is 1.97 bits per heavy atom. The summed E-state index contributed by atoms with van der Waals surface area (Å²) in [6.07, 6.45) is 11.1. The van der Waals surface area contributed by atoms with Gasteiger partial charge in [-0.3, -0.25) is 4.98 Å². The van der Waals surface area contributed by atoms with Gasteiger partial charge >= 0.3 is 0 Å². The molecular formula is C24H33N5OS. The average Bonchev–Trinajstić information content (AvgIpc) is 2.77. The zero-order chi connectivity index (χ0) is 22.1. The zero-order valence-electron chi connectivity index (χ0n) is 18.3. The molecule has 0 radical (unpaired) electrons. The van der Waals surface area contributed by atoms with E-state index in [4.69, 9.17) is 10.1 Å². The van der Waals surface area contributed by atoms with E-state index in [0.29, 0.717) is 34.7 Å². The van der Waals surface area contributed by atoms with Crippen molar-refractivity contribution in [2.45, 2.75) is 56.9 Å². The first-order valence-electron chi connectivity index (χ1n) is 11.0. The summed E-state index contributed by atoms with van der Waals surface area (Å²) in [4.78, 5) is 5.19. The molecule has 1 saturated carbocycles. The highest BCUT2D eigenvalue weighted by Gasteiger charge is 2.13. The monoisotopic (exact) mass is 439 g/mol. The topological polar surface area (TPSA) is 82.1 Å². The standard InChI is InChI=1S/C24H33N5OS/c1-17(2)15-26-16-18(14-25)23-12-21(10-11-27-23)30-20-8-9-22(24(31)13-20)29-28-19-6-4-3-5-7-19/h8-14,16-17,19,25-26,28-29,31H,3-7,15H2,1-2H3/b18-16+,25-14?. The molecule has 0 bridgehead atoms. The maximum absolute atomic E-state index is 7.70. The van der Waals surface area contributed by atoms with Crippen LogP contribution in [0.3, 0.4) is 0 Å². The van der Waals surface area contributed by atoms with Gasteiger partial charge in [0.15, 0.2) is 0 Å². The lowest BCUT2D eigenvalue weighted by atomic mass is 9.96. The summed E-state index contributed by atoms with van der Waals surface area (Å²) in [5.41, 5.74) is 9.04. The Bertz CT molecular complexity index is 893. The van der Waals surface area contributed by atoms with Gasteiger partial charge in [0.1, 0.15) is 11.5 Å². The molecule has 0 spiro atoms. The quantitative estimate of drug-likeness (QED) is 0.188. The summed E-state index contributed by atoms with van der Waals surface area (Å²) in [6, 6.07) is 9.94. The van der Waals surface area contributed by atoms with Gasteiger partial charge < -0.3 is 20.9 Å². The number of aromatic nitrogens is 1. The van der Waals surface area contributed by atoms with Crippen molar-refractivity contribution in [2.24, 2.45) is 5.92 Å². The Morgan fingerprint density at radius 3 is 2.68 bits per heavy atom. The van der Waals surface area contributed by atoms with Crippen molar-refractivity contribution in [3.63, 3.8) is 0 Å². The third-order valence-electron chi connectivity index (χ3n) is 5.19. The lowest BCUT2D eigenvalue weighted by molar-refractivity contribution is 0.392. The minimum atomic E-state index is 0.513. The fraction of sp³-hybridized carbons (Fsp3) is 0.417. The second kappa shape index (κ2) is 11.8.